The van der Waals surface area contributed by atoms with Gasteiger partial charge in [-0.3, -0.25) is 9.59 Å². The van der Waals surface area contributed by atoms with Crippen molar-refractivity contribution in [2.45, 2.75) is 33.6 Å². The van der Waals surface area contributed by atoms with Crippen molar-refractivity contribution in [1.82, 2.24) is 0 Å². The SMILES string of the molecule is Cc1ccc(OCCCCN2C(=O)C(C)CN(C(=O)c3ccccc3)c3ccccc32)c(C)c1. The van der Waals surface area contributed by atoms with Crippen molar-refractivity contribution in [2.24, 2.45) is 5.92 Å². The number of unbranched alkanes of at least 4 members (excludes halogenated alkanes) is 1. The van der Waals surface area contributed by atoms with E-state index in [1.54, 1.807) is 4.90 Å². The molecule has 4 rings (SSSR count). The third-order valence-corrected chi connectivity index (χ3v) is 6.24. The summed E-state index contributed by atoms with van der Waals surface area (Å²) in [5.41, 5.74) is 4.54. The molecule has 1 atom stereocenters. The molecule has 3 aromatic carbocycles. The van der Waals surface area contributed by atoms with E-state index in [9.17, 15) is 9.59 Å². The van der Waals surface area contributed by atoms with Gasteiger partial charge in [0, 0.05) is 18.7 Å². The summed E-state index contributed by atoms with van der Waals surface area (Å²) in [6, 6.07) is 23.1. The number of hydrogen-bond donors (Lipinski definition) is 0. The molecule has 2 amide bonds. The van der Waals surface area contributed by atoms with Crippen molar-refractivity contribution >= 4 is 23.2 Å². The maximum Gasteiger partial charge on any atom is 0.258 e. The number of carbonyl (C=O) groups is 2. The molecule has 1 heterocycles. The van der Waals surface area contributed by atoms with Crippen molar-refractivity contribution in [3.8, 4) is 5.75 Å². The zero-order valence-electron chi connectivity index (χ0n) is 20.2. The van der Waals surface area contributed by atoms with Gasteiger partial charge < -0.3 is 14.5 Å². The highest BCUT2D eigenvalue weighted by Crippen LogP contribution is 2.35. The van der Waals surface area contributed by atoms with Gasteiger partial charge in [0.15, 0.2) is 0 Å². The molecule has 0 spiro atoms. The number of hydrogen-bond acceptors (Lipinski definition) is 3. The van der Waals surface area contributed by atoms with E-state index < -0.39 is 0 Å². The van der Waals surface area contributed by atoms with Crippen molar-refractivity contribution in [3.05, 3.63) is 89.5 Å². The molecule has 5 nitrogen and oxygen atoms in total. The van der Waals surface area contributed by atoms with Gasteiger partial charge in [-0.25, -0.2) is 0 Å². The summed E-state index contributed by atoms with van der Waals surface area (Å²) in [6.45, 7) is 7.57. The van der Waals surface area contributed by atoms with Crippen LogP contribution in [0.4, 0.5) is 11.4 Å². The van der Waals surface area contributed by atoms with E-state index in [-0.39, 0.29) is 17.7 Å². The summed E-state index contributed by atoms with van der Waals surface area (Å²) in [5.74, 6) is 0.569. The van der Waals surface area contributed by atoms with E-state index in [0.29, 0.717) is 25.3 Å². The third kappa shape index (κ3) is 5.14. The zero-order chi connectivity index (χ0) is 24.1. The smallest absolute Gasteiger partial charge is 0.258 e. The maximum atomic E-state index is 13.3. The van der Waals surface area contributed by atoms with E-state index in [1.165, 1.54) is 5.56 Å². The lowest BCUT2D eigenvalue weighted by molar-refractivity contribution is -0.121. The summed E-state index contributed by atoms with van der Waals surface area (Å²) in [5, 5.41) is 0. The van der Waals surface area contributed by atoms with Crippen molar-refractivity contribution in [3.63, 3.8) is 0 Å². The van der Waals surface area contributed by atoms with E-state index in [1.807, 2.05) is 72.5 Å². The number of para-hydroxylation sites is 2. The summed E-state index contributed by atoms with van der Waals surface area (Å²) in [6.07, 6.45) is 1.64. The number of fused-ring (bicyclic) bond motifs is 1. The normalized spacial score (nSPS) is 15.6. The van der Waals surface area contributed by atoms with Crippen LogP contribution in [0.3, 0.4) is 0 Å². The number of nitrogens with zero attached hydrogens (tertiary/aromatic N) is 2. The molecule has 3 aromatic rings. The number of ether oxygens (including phenoxy) is 1. The number of amides is 2. The predicted molar refractivity (Wildman–Crippen MR) is 137 cm³/mol. The van der Waals surface area contributed by atoms with Crippen LogP contribution in [0.1, 0.15) is 41.3 Å². The Labute approximate surface area is 202 Å². The second-order valence-electron chi connectivity index (χ2n) is 8.99. The average molecular weight is 457 g/mol. The van der Waals surface area contributed by atoms with Crippen LogP contribution in [0.15, 0.2) is 72.8 Å². The molecule has 5 heteroatoms. The fourth-order valence-electron chi connectivity index (χ4n) is 4.43. The highest BCUT2D eigenvalue weighted by molar-refractivity contribution is 6.11. The standard InChI is InChI=1S/C29H32N2O3/c1-21-15-16-27(22(2)19-21)34-18-10-9-17-30-25-13-7-8-14-26(25)31(20-23(3)28(30)32)29(33)24-11-5-4-6-12-24/h4-8,11-16,19,23H,9-10,17-18,20H2,1-3H3. The molecular formula is C29H32N2O3. The summed E-state index contributed by atoms with van der Waals surface area (Å²) < 4.78 is 5.96. The molecule has 1 unspecified atom stereocenters. The van der Waals surface area contributed by atoms with E-state index in [2.05, 4.69) is 26.0 Å². The van der Waals surface area contributed by atoms with E-state index >= 15 is 0 Å². The Balaban J connectivity index is 1.47. The van der Waals surface area contributed by atoms with Crippen LogP contribution in [-0.4, -0.2) is 31.5 Å². The Morgan fingerprint density at radius 1 is 0.941 bits per heavy atom. The van der Waals surface area contributed by atoms with Gasteiger partial charge in [0.2, 0.25) is 5.91 Å². The number of anilines is 2. The van der Waals surface area contributed by atoms with Gasteiger partial charge in [0.25, 0.3) is 5.91 Å². The molecule has 0 saturated heterocycles. The number of benzene rings is 3. The minimum atomic E-state index is -0.300. The van der Waals surface area contributed by atoms with Gasteiger partial charge in [-0.05, 0) is 62.6 Å². The minimum absolute atomic E-state index is 0.0473. The van der Waals surface area contributed by atoms with Gasteiger partial charge in [0.05, 0.1) is 23.9 Å². The second kappa shape index (κ2) is 10.6. The molecule has 0 saturated carbocycles. The Morgan fingerprint density at radius 2 is 1.65 bits per heavy atom. The lowest BCUT2D eigenvalue weighted by atomic mass is 10.1. The first kappa shape index (κ1) is 23.6. The minimum Gasteiger partial charge on any atom is -0.493 e. The first-order valence-electron chi connectivity index (χ1n) is 11.9. The van der Waals surface area contributed by atoms with Crippen LogP contribution < -0.4 is 14.5 Å². The third-order valence-electron chi connectivity index (χ3n) is 6.24. The summed E-state index contributed by atoms with van der Waals surface area (Å²) in [4.78, 5) is 30.3. The Hall–Kier alpha value is -3.60. The van der Waals surface area contributed by atoms with E-state index in [4.69, 9.17) is 4.74 Å². The molecule has 0 fully saturated rings. The van der Waals surface area contributed by atoms with Crippen molar-refractivity contribution in [2.75, 3.05) is 29.5 Å². The Morgan fingerprint density at radius 3 is 2.38 bits per heavy atom. The monoisotopic (exact) mass is 456 g/mol. The molecule has 0 bridgehead atoms. The van der Waals surface area contributed by atoms with Crippen LogP contribution in [0.5, 0.6) is 5.75 Å². The lowest BCUT2D eigenvalue weighted by Gasteiger charge is -2.25. The first-order valence-corrected chi connectivity index (χ1v) is 11.9. The van der Waals surface area contributed by atoms with Gasteiger partial charge >= 0.3 is 0 Å². The molecule has 1 aliphatic rings. The molecule has 0 aliphatic carbocycles. The van der Waals surface area contributed by atoms with Crippen molar-refractivity contribution in [1.29, 1.82) is 0 Å². The number of carbonyl (C=O) groups excluding carboxylic acids is 2. The highest BCUT2D eigenvalue weighted by Gasteiger charge is 2.33. The van der Waals surface area contributed by atoms with Crippen molar-refractivity contribution < 1.29 is 14.3 Å². The molecule has 34 heavy (non-hydrogen) atoms. The predicted octanol–water partition coefficient (Wildman–Crippen LogP) is 5.79. The topological polar surface area (TPSA) is 49.9 Å². The molecule has 0 radical (unpaired) electrons. The molecule has 1 aliphatic heterocycles. The van der Waals surface area contributed by atoms with E-state index in [0.717, 1.165) is 35.5 Å². The summed E-state index contributed by atoms with van der Waals surface area (Å²) in [7, 11) is 0. The number of aryl methyl sites for hydroxylation is 2. The average Bonchev–Trinajstić information content (AvgIpc) is 2.95. The molecule has 176 valence electrons. The Bertz CT molecular complexity index is 1160. The van der Waals surface area contributed by atoms with Crippen LogP contribution in [-0.2, 0) is 4.79 Å². The fraction of sp³-hybridized carbons (Fsp3) is 0.310. The summed E-state index contributed by atoms with van der Waals surface area (Å²) >= 11 is 0. The van der Waals surface area contributed by atoms with Crippen LogP contribution in [0.2, 0.25) is 0 Å². The zero-order valence-corrected chi connectivity index (χ0v) is 20.2. The highest BCUT2D eigenvalue weighted by atomic mass is 16.5. The quantitative estimate of drug-likeness (QED) is 0.423. The molecule has 0 aromatic heterocycles. The van der Waals surface area contributed by atoms with Gasteiger partial charge in [-0.2, -0.15) is 0 Å². The van der Waals surface area contributed by atoms with Gasteiger partial charge in [-0.15, -0.1) is 0 Å². The fourth-order valence-corrected chi connectivity index (χ4v) is 4.43. The van der Waals surface area contributed by atoms with Gasteiger partial charge in [-0.1, -0.05) is 55.0 Å². The Kier molecular flexibility index (Phi) is 7.31. The number of rotatable bonds is 7. The largest absolute Gasteiger partial charge is 0.493 e. The van der Waals surface area contributed by atoms with Crippen LogP contribution >= 0.6 is 0 Å². The van der Waals surface area contributed by atoms with Crippen LogP contribution in [0.25, 0.3) is 0 Å². The van der Waals surface area contributed by atoms with Crippen LogP contribution in [0, 0.1) is 19.8 Å². The first-order chi connectivity index (χ1) is 16.5. The molecular weight excluding hydrogens is 424 g/mol. The lowest BCUT2D eigenvalue weighted by Crippen LogP contribution is -2.38. The van der Waals surface area contributed by atoms with Gasteiger partial charge in [0.1, 0.15) is 5.75 Å². The molecule has 0 N–H and O–H groups in total. The second-order valence-corrected chi connectivity index (χ2v) is 8.99. The maximum absolute atomic E-state index is 13.3.